The van der Waals surface area contributed by atoms with E-state index in [0.29, 0.717) is 23.1 Å². The summed E-state index contributed by atoms with van der Waals surface area (Å²) in [6.45, 7) is -0.466. The van der Waals surface area contributed by atoms with Crippen LogP contribution in [-0.2, 0) is 65.6 Å². The maximum Gasteiger partial charge on any atom is 0.256 e. The fourth-order valence-electron chi connectivity index (χ4n) is 7.96. The van der Waals surface area contributed by atoms with Crippen molar-refractivity contribution >= 4 is 95.5 Å². The van der Waals surface area contributed by atoms with Gasteiger partial charge in [0, 0.05) is 50.3 Å². The number of nitrogens with zero attached hydrogens (tertiary/aromatic N) is 3. The third-order valence-corrected chi connectivity index (χ3v) is 13.1. The summed E-state index contributed by atoms with van der Waals surface area (Å²) in [4.78, 5) is 155. The first-order valence-electron chi connectivity index (χ1n) is 23.5. The molecule has 2 fully saturated rings. The minimum atomic E-state index is -1.84. The molecule has 17 N–H and O–H groups in total. The van der Waals surface area contributed by atoms with E-state index in [0.717, 1.165) is 4.31 Å². The number of hydrogen-bond acceptors (Lipinski definition) is 15. The maximum absolute atomic E-state index is 14.9. The van der Waals surface area contributed by atoms with Gasteiger partial charge in [0.05, 0.1) is 13.0 Å². The molecule has 2 saturated heterocycles. The second kappa shape index (κ2) is 29.2. The van der Waals surface area contributed by atoms with Crippen LogP contribution >= 0.6 is 24.6 Å². The molecule has 4 rings (SSSR count). The molecule has 2 aliphatic rings. The van der Waals surface area contributed by atoms with Crippen molar-refractivity contribution in [2.75, 3.05) is 31.1 Å². The molecule has 26 nitrogen and oxygen atoms in total. The number of likely N-dealkylation sites (tertiary alicyclic amines) is 1. The molecule has 0 radical (unpaired) electrons. The molecule has 2 aliphatic heterocycles. The lowest BCUT2D eigenvalue weighted by Gasteiger charge is -2.35. The fourth-order valence-corrected chi connectivity index (χ4v) is 9.46. The number of guanidine groups is 1. The van der Waals surface area contributed by atoms with Gasteiger partial charge >= 0.3 is 0 Å². The largest absolute Gasteiger partial charge is 0.508 e. The molecule has 2 aromatic rings. The van der Waals surface area contributed by atoms with Crippen LogP contribution in [0.15, 0.2) is 59.6 Å². The van der Waals surface area contributed by atoms with E-state index in [1.165, 1.54) is 29.2 Å². The first-order chi connectivity index (χ1) is 35.2. The van der Waals surface area contributed by atoms with Crippen molar-refractivity contribution in [1.29, 1.82) is 0 Å². The number of rotatable bonds is 21. The van der Waals surface area contributed by atoms with E-state index in [4.69, 9.17) is 28.7 Å². The van der Waals surface area contributed by atoms with Crippen LogP contribution in [0.2, 0.25) is 0 Å². The molecular weight excluding hydrogens is 1000 g/mol. The molecule has 0 bridgehead atoms. The van der Waals surface area contributed by atoms with E-state index in [1.54, 1.807) is 30.3 Å². The van der Waals surface area contributed by atoms with Crippen LogP contribution in [0.1, 0.15) is 62.5 Å². The summed E-state index contributed by atoms with van der Waals surface area (Å²) in [5, 5.41) is 25.2. The first kappa shape index (κ1) is 58.9. The second-order valence-corrected chi connectivity index (χ2v) is 18.8. The Morgan fingerprint density at radius 2 is 1.39 bits per heavy atom. The van der Waals surface area contributed by atoms with Gasteiger partial charge in [-0.05, 0) is 67.3 Å². The van der Waals surface area contributed by atoms with Crippen LogP contribution in [0.3, 0.4) is 0 Å². The number of carbonyl (C=O) groups excluding carboxylic acids is 11. The Bertz CT molecular complexity index is 2400. The smallest absolute Gasteiger partial charge is 0.256 e. The number of primary amides is 3. The van der Waals surface area contributed by atoms with Crippen LogP contribution < -0.4 is 60.6 Å². The fraction of sp³-hybridized carbons (Fsp3) is 0.478. The summed E-state index contributed by atoms with van der Waals surface area (Å²) in [5.74, 6) is -10.8. The summed E-state index contributed by atoms with van der Waals surface area (Å²) >= 11 is 5.06. The lowest BCUT2D eigenvalue weighted by Crippen LogP contribution is -2.60. The van der Waals surface area contributed by atoms with Crippen molar-refractivity contribution in [3.8, 4) is 5.75 Å². The summed E-state index contributed by atoms with van der Waals surface area (Å²) in [6, 6.07) is 4.06. The highest BCUT2D eigenvalue weighted by Gasteiger charge is 2.43. The Labute approximate surface area is 435 Å². The predicted molar refractivity (Wildman–Crippen MR) is 272 cm³/mol. The van der Waals surface area contributed by atoms with Gasteiger partial charge in [-0.15, -0.1) is 0 Å². The molecule has 0 spiro atoms. The average molecular weight is 1070 g/mol. The molecular formula is C46H64N14O12S2. The van der Waals surface area contributed by atoms with Gasteiger partial charge < -0.3 is 70.6 Å². The summed E-state index contributed by atoms with van der Waals surface area (Å²) in [6.07, 6.45) is -1.80. The van der Waals surface area contributed by atoms with Crippen molar-refractivity contribution in [2.24, 2.45) is 33.7 Å². The van der Waals surface area contributed by atoms with Crippen LogP contribution in [-0.4, -0.2) is 159 Å². The van der Waals surface area contributed by atoms with E-state index in [-0.39, 0.29) is 69.1 Å². The lowest BCUT2D eigenvalue weighted by atomic mass is 10.0. The van der Waals surface area contributed by atoms with Gasteiger partial charge in [-0.25, -0.2) is 0 Å². The molecule has 11 amide bonds. The number of hydrogen-bond donors (Lipinski definition) is 13. The third-order valence-electron chi connectivity index (χ3n) is 11.6. The topological polar surface area (TPSA) is 429 Å². The zero-order valence-corrected chi connectivity index (χ0v) is 42.1. The Hall–Kier alpha value is -7.62. The Morgan fingerprint density at radius 3 is 2.00 bits per heavy atom. The number of amides is 11. The SMILES string of the molecule is NC(=O)CC[C@@H]1NC(=O)[C@H](Cc2ccccc2)NC(=O)[C@H](Cc2ccc(O)cc2)NC(=O)CCSN([C@@H](CS)C(=O)N2CCC[C@H]2C(=O)N[C@H](CCCN=C(N)N)C(=O)NCC(N)=O)C(=O)[C@H](CC(N)=O)NC1=O. The number of carbonyl (C=O) groups is 11. The molecule has 2 aromatic carbocycles. The van der Waals surface area contributed by atoms with E-state index in [2.05, 4.69) is 49.5 Å². The summed E-state index contributed by atoms with van der Waals surface area (Å²) in [5.41, 5.74) is 28.2. The normalized spacial score (nSPS) is 20.8. The van der Waals surface area contributed by atoms with Gasteiger partial charge in [-0.2, -0.15) is 12.6 Å². The minimum absolute atomic E-state index is 0.00389. The number of aromatic hydroxyl groups is 1. The monoisotopic (exact) mass is 1070 g/mol. The molecule has 0 unspecified atom stereocenters. The molecule has 74 heavy (non-hydrogen) atoms. The Kier molecular flexibility index (Phi) is 23.2. The molecule has 0 saturated carbocycles. The number of benzene rings is 2. The number of aliphatic imine (C=N–C) groups is 1. The minimum Gasteiger partial charge on any atom is -0.508 e. The van der Waals surface area contributed by atoms with Crippen molar-refractivity contribution in [3.63, 3.8) is 0 Å². The van der Waals surface area contributed by atoms with Crippen LogP contribution in [0.25, 0.3) is 0 Å². The lowest BCUT2D eigenvalue weighted by molar-refractivity contribution is -0.145. The predicted octanol–water partition coefficient (Wildman–Crippen LogP) is -4.43. The Balaban J connectivity index is 1.74. The van der Waals surface area contributed by atoms with E-state index < -0.39 is 145 Å². The van der Waals surface area contributed by atoms with Gasteiger partial charge in [-0.1, -0.05) is 42.5 Å². The molecule has 0 aromatic heterocycles. The van der Waals surface area contributed by atoms with Crippen LogP contribution in [0.5, 0.6) is 5.75 Å². The highest BCUT2D eigenvalue weighted by molar-refractivity contribution is 7.97. The molecule has 0 aliphatic carbocycles. The number of phenols is 1. The number of nitrogens with one attached hydrogen (secondary N) is 6. The first-order valence-corrected chi connectivity index (χ1v) is 25.1. The van der Waals surface area contributed by atoms with Crippen LogP contribution in [0, 0.1) is 0 Å². The maximum atomic E-state index is 14.9. The van der Waals surface area contributed by atoms with Gasteiger partial charge in [0.2, 0.25) is 59.1 Å². The van der Waals surface area contributed by atoms with Gasteiger partial charge in [0.15, 0.2) is 5.96 Å². The van der Waals surface area contributed by atoms with Gasteiger partial charge in [0.1, 0.15) is 48.0 Å². The van der Waals surface area contributed by atoms with Gasteiger partial charge in [-0.3, -0.25) is 62.0 Å². The molecule has 7 atom stereocenters. The molecule has 28 heteroatoms. The highest BCUT2D eigenvalue weighted by Crippen LogP contribution is 2.26. The standard InChI is InChI=1S/C46H64N14O12S2/c47-35(62)15-14-29-40(67)58-32(22-36(48)63)44(71)60(34(24-73)45(72)59-18-5-9-33(59)43(70)56-28(8-4-17-52-46(50)51)39(66)53-23-37(49)64)74-19-16-38(65)54-30(21-26-10-12-27(61)13-11-26)41(68)57-31(42(69)55-29)20-25-6-2-1-3-7-25/h1-3,6-7,10-13,28-34,61,73H,4-5,8-9,14-24H2,(H2,47,62)(H2,48,63)(H2,49,64)(H,53,66)(H,54,65)(H,55,69)(H,56,70)(H,57,68)(H,58,67)(H4,50,51,52)/t28-,29+,30+,31+,32+,33+,34+/m1/s1. The molecule has 402 valence electrons. The third kappa shape index (κ3) is 18.8. The number of thiol groups is 1. The van der Waals surface area contributed by atoms with Crippen molar-refractivity contribution in [3.05, 3.63) is 65.7 Å². The van der Waals surface area contributed by atoms with E-state index in [9.17, 15) is 57.8 Å². The average Bonchev–Trinajstić information content (AvgIpc) is 3.85. The highest BCUT2D eigenvalue weighted by atomic mass is 32.2. The summed E-state index contributed by atoms with van der Waals surface area (Å²) in [7, 11) is 0. The molecule has 2 heterocycles. The summed E-state index contributed by atoms with van der Waals surface area (Å²) < 4.78 is 0.902. The quantitative estimate of drug-likeness (QED) is 0.0185. The zero-order chi connectivity index (χ0) is 54.5. The number of phenolic OH excluding ortho intramolecular Hbond substituents is 1. The zero-order valence-electron chi connectivity index (χ0n) is 40.4. The van der Waals surface area contributed by atoms with Crippen molar-refractivity contribution in [2.45, 2.75) is 107 Å². The second-order valence-electron chi connectivity index (χ2n) is 17.4. The van der Waals surface area contributed by atoms with Gasteiger partial charge in [0.25, 0.3) is 5.91 Å². The Morgan fingerprint density at radius 1 is 0.784 bits per heavy atom. The number of nitrogens with two attached hydrogens (primary N) is 5. The van der Waals surface area contributed by atoms with E-state index in [1.807, 2.05) is 0 Å². The van der Waals surface area contributed by atoms with Crippen LogP contribution in [0.4, 0.5) is 0 Å². The van der Waals surface area contributed by atoms with E-state index >= 15 is 0 Å². The van der Waals surface area contributed by atoms with Crippen molar-refractivity contribution in [1.82, 2.24) is 41.1 Å². The van der Waals surface area contributed by atoms with Crippen molar-refractivity contribution < 1.29 is 57.8 Å².